The fraction of sp³-hybridized carbons (Fsp3) is 0.417. The van der Waals surface area contributed by atoms with Crippen molar-refractivity contribution in [1.82, 2.24) is 4.90 Å². The van der Waals surface area contributed by atoms with E-state index < -0.39 is 5.38 Å². The summed E-state index contributed by atoms with van der Waals surface area (Å²) in [5.41, 5.74) is 0.808. The molecule has 2 nitrogen and oxygen atoms in total. The van der Waals surface area contributed by atoms with Gasteiger partial charge in [0.25, 0.3) is 0 Å². The number of benzene rings is 1. The molecule has 1 aromatic rings. The molecule has 4 heteroatoms. The first-order chi connectivity index (χ1) is 7.68. The molecular formula is C12H13Cl2NO. The number of hydrogen-bond donors (Lipinski definition) is 0. The van der Waals surface area contributed by atoms with E-state index in [-0.39, 0.29) is 5.91 Å². The minimum absolute atomic E-state index is 0.00138. The van der Waals surface area contributed by atoms with E-state index in [1.807, 2.05) is 4.90 Å². The van der Waals surface area contributed by atoms with E-state index in [0.29, 0.717) is 5.02 Å². The Morgan fingerprint density at radius 3 is 2.31 bits per heavy atom. The van der Waals surface area contributed by atoms with Crippen molar-refractivity contribution >= 4 is 29.1 Å². The Balaban J connectivity index is 2.08. The molecule has 0 saturated carbocycles. The van der Waals surface area contributed by atoms with Crippen molar-refractivity contribution in [1.29, 1.82) is 0 Å². The quantitative estimate of drug-likeness (QED) is 0.746. The number of alkyl halides is 1. The number of carbonyl (C=O) groups is 1. The lowest BCUT2D eigenvalue weighted by molar-refractivity contribution is -0.129. The summed E-state index contributed by atoms with van der Waals surface area (Å²) in [6.07, 6.45) is 2.16. The largest absolute Gasteiger partial charge is 0.341 e. The van der Waals surface area contributed by atoms with E-state index in [9.17, 15) is 4.79 Å². The summed E-state index contributed by atoms with van der Waals surface area (Å²) in [6, 6.07) is 7.11. The first-order valence-corrected chi connectivity index (χ1v) is 6.18. The molecule has 1 amide bonds. The molecule has 0 bridgehead atoms. The van der Waals surface area contributed by atoms with Gasteiger partial charge in [0, 0.05) is 18.1 Å². The monoisotopic (exact) mass is 257 g/mol. The van der Waals surface area contributed by atoms with Gasteiger partial charge in [0.05, 0.1) is 0 Å². The molecule has 1 fully saturated rings. The maximum atomic E-state index is 12.0. The predicted octanol–water partition coefficient (Wildman–Crippen LogP) is 3.24. The Bertz CT molecular complexity index is 371. The van der Waals surface area contributed by atoms with E-state index in [0.717, 1.165) is 31.5 Å². The normalized spacial score (nSPS) is 17.5. The molecule has 0 aromatic heterocycles. The summed E-state index contributed by atoms with van der Waals surface area (Å²) < 4.78 is 0. The molecule has 0 radical (unpaired) electrons. The summed E-state index contributed by atoms with van der Waals surface area (Å²) >= 11 is 11.9. The van der Waals surface area contributed by atoms with Crippen LogP contribution in [0.4, 0.5) is 0 Å². The summed E-state index contributed by atoms with van der Waals surface area (Å²) in [4.78, 5) is 13.8. The summed E-state index contributed by atoms with van der Waals surface area (Å²) in [6.45, 7) is 1.66. The number of nitrogens with zero attached hydrogens (tertiary/aromatic N) is 1. The number of amides is 1. The van der Waals surface area contributed by atoms with Crippen molar-refractivity contribution < 1.29 is 4.79 Å². The SMILES string of the molecule is O=C(C(Cl)c1ccc(Cl)cc1)N1CCCC1. The second-order valence-corrected chi connectivity index (χ2v) is 4.82. The molecule has 0 aliphatic carbocycles. The maximum absolute atomic E-state index is 12.0. The van der Waals surface area contributed by atoms with Gasteiger partial charge in [-0.3, -0.25) is 4.79 Å². The Morgan fingerprint density at radius 2 is 1.75 bits per heavy atom. The zero-order valence-electron chi connectivity index (χ0n) is 8.83. The molecule has 1 unspecified atom stereocenters. The lowest BCUT2D eigenvalue weighted by Crippen LogP contribution is -2.30. The van der Waals surface area contributed by atoms with Crippen LogP contribution in [-0.2, 0) is 4.79 Å². The molecule has 1 saturated heterocycles. The van der Waals surface area contributed by atoms with Gasteiger partial charge in [-0.05, 0) is 30.5 Å². The molecule has 2 rings (SSSR count). The summed E-state index contributed by atoms with van der Waals surface area (Å²) in [5.74, 6) is 0.00138. The van der Waals surface area contributed by atoms with Gasteiger partial charge in [0.15, 0.2) is 0 Å². The molecule has 1 aromatic carbocycles. The fourth-order valence-electron chi connectivity index (χ4n) is 1.87. The third kappa shape index (κ3) is 2.50. The molecule has 1 heterocycles. The highest BCUT2D eigenvalue weighted by atomic mass is 35.5. The first-order valence-electron chi connectivity index (χ1n) is 5.37. The Hall–Kier alpha value is -0.730. The number of halogens is 2. The van der Waals surface area contributed by atoms with E-state index in [2.05, 4.69) is 0 Å². The van der Waals surface area contributed by atoms with Crippen LogP contribution in [0.15, 0.2) is 24.3 Å². The van der Waals surface area contributed by atoms with Crippen molar-refractivity contribution in [2.75, 3.05) is 13.1 Å². The van der Waals surface area contributed by atoms with Crippen molar-refractivity contribution in [2.24, 2.45) is 0 Å². The van der Waals surface area contributed by atoms with Gasteiger partial charge in [-0.15, -0.1) is 11.6 Å². The molecule has 1 atom stereocenters. The molecule has 0 N–H and O–H groups in total. The van der Waals surface area contributed by atoms with Crippen LogP contribution in [0, 0.1) is 0 Å². The Kier molecular flexibility index (Phi) is 3.72. The zero-order chi connectivity index (χ0) is 11.5. The van der Waals surface area contributed by atoms with Crippen LogP contribution in [-0.4, -0.2) is 23.9 Å². The average molecular weight is 258 g/mol. The second kappa shape index (κ2) is 5.07. The van der Waals surface area contributed by atoms with E-state index in [1.54, 1.807) is 24.3 Å². The van der Waals surface area contributed by atoms with Crippen LogP contribution in [0.2, 0.25) is 5.02 Å². The lowest BCUT2D eigenvalue weighted by atomic mass is 10.1. The van der Waals surface area contributed by atoms with Gasteiger partial charge >= 0.3 is 0 Å². The number of hydrogen-bond acceptors (Lipinski definition) is 1. The minimum atomic E-state index is -0.588. The van der Waals surface area contributed by atoms with Gasteiger partial charge in [-0.2, -0.15) is 0 Å². The molecular weight excluding hydrogens is 245 g/mol. The van der Waals surface area contributed by atoms with Gasteiger partial charge in [0.1, 0.15) is 5.38 Å². The standard InChI is InChI=1S/C12H13Cl2NO/c13-10-5-3-9(4-6-10)11(14)12(16)15-7-1-2-8-15/h3-6,11H,1-2,7-8H2. The minimum Gasteiger partial charge on any atom is -0.341 e. The first kappa shape index (κ1) is 11.7. The molecule has 86 valence electrons. The smallest absolute Gasteiger partial charge is 0.245 e. The Labute approximate surface area is 105 Å². The topological polar surface area (TPSA) is 20.3 Å². The highest BCUT2D eigenvalue weighted by Gasteiger charge is 2.25. The molecule has 0 spiro atoms. The van der Waals surface area contributed by atoms with E-state index >= 15 is 0 Å². The van der Waals surface area contributed by atoms with Crippen molar-refractivity contribution in [3.05, 3.63) is 34.9 Å². The molecule has 1 aliphatic heterocycles. The van der Waals surface area contributed by atoms with Crippen LogP contribution in [0.3, 0.4) is 0 Å². The summed E-state index contributed by atoms with van der Waals surface area (Å²) in [5, 5.41) is 0.0663. The van der Waals surface area contributed by atoms with Crippen molar-refractivity contribution in [3.63, 3.8) is 0 Å². The third-order valence-corrected chi connectivity index (χ3v) is 3.49. The van der Waals surface area contributed by atoms with Gasteiger partial charge in [0.2, 0.25) is 5.91 Å². The number of likely N-dealkylation sites (tertiary alicyclic amines) is 1. The van der Waals surface area contributed by atoms with Gasteiger partial charge < -0.3 is 4.90 Å². The highest BCUT2D eigenvalue weighted by molar-refractivity contribution is 6.31. The van der Waals surface area contributed by atoms with Crippen molar-refractivity contribution in [3.8, 4) is 0 Å². The Morgan fingerprint density at radius 1 is 1.19 bits per heavy atom. The van der Waals surface area contributed by atoms with E-state index in [4.69, 9.17) is 23.2 Å². The molecule has 1 aliphatic rings. The fourth-order valence-corrected chi connectivity index (χ4v) is 2.28. The highest BCUT2D eigenvalue weighted by Crippen LogP contribution is 2.25. The molecule has 16 heavy (non-hydrogen) atoms. The average Bonchev–Trinajstić information content (AvgIpc) is 2.81. The van der Waals surface area contributed by atoms with Crippen molar-refractivity contribution in [2.45, 2.75) is 18.2 Å². The van der Waals surface area contributed by atoms with Crippen LogP contribution in [0.1, 0.15) is 23.8 Å². The van der Waals surface area contributed by atoms with Crippen LogP contribution in [0.5, 0.6) is 0 Å². The van der Waals surface area contributed by atoms with Gasteiger partial charge in [-0.25, -0.2) is 0 Å². The second-order valence-electron chi connectivity index (χ2n) is 3.95. The van der Waals surface area contributed by atoms with E-state index in [1.165, 1.54) is 0 Å². The number of rotatable bonds is 2. The third-order valence-electron chi connectivity index (χ3n) is 2.80. The van der Waals surface area contributed by atoms with Crippen LogP contribution < -0.4 is 0 Å². The summed E-state index contributed by atoms with van der Waals surface area (Å²) in [7, 11) is 0. The van der Waals surface area contributed by atoms with Crippen LogP contribution >= 0.6 is 23.2 Å². The number of carbonyl (C=O) groups excluding carboxylic acids is 1. The van der Waals surface area contributed by atoms with Gasteiger partial charge in [-0.1, -0.05) is 23.7 Å². The zero-order valence-corrected chi connectivity index (χ0v) is 10.3. The predicted molar refractivity (Wildman–Crippen MR) is 65.9 cm³/mol. The lowest BCUT2D eigenvalue weighted by Gasteiger charge is -2.19. The van der Waals surface area contributed by atoms with Crippen LogP contribution in [0.25, 0.3) is 0 Å². The maximum Gasteiger partial charge on any atom is 0.245 e.